The molecule has 0 spiro atoms. The van der Waals surface area contributed by atoms with Crippen LogP contribution in [0.5, 0.6) is 0 Å². The van der Waals surface area contributed by atoms with E-state index in [2.05, 4.69) is 48.2 Å². The number of carbonyl (C=O) groups excluding carboxylic acids is 1. The van der Waals surface area contributed by atoms with Crippen molar-refractivity contribution in [3.8, 4) is 0 Å². The van der Waals surface area contributed by atoms with Crippen LogP contribution in [0.25, 0.3) is 0 Å². The van der Waals surface area contributed by atoms with Crippen molar-refractivity contribution in [1.29, 1.82) is 0 Å². The predicted molar refractivity (Wildman–Crippen MR) is 76.9 cm³/mol. The maximum absolute atomic E-state index is 11.2. The van der Waals surface area contributed by atoms with E-state index < -0.39 is 0 Å². The second kappa shape index (κ2) is 4.87. The molecule has 0 radical (unpaired) electrons. The lowest BCUT2D eigenvalue weighted by atomic mass is 9.91. The van der Waals surface area contributed by atoms with Crippen LogP contribution in [-0.4, -0.2) is 38.8 Å². The lowest BCUT2D eigenvalue weighted by Gasteiger charge is -2.40. The molecule has 2 rings (SSSR count). The minimum atomic E-state index is -0.0289. The molecule has 1 amide bonds. The van der Waals surface area contributed by atoms with Crippen LogP contribution in [0.1, 0.15) is 39.4 Å². The lowest BCUT2D eigenvalue weighted by molar-refractivity contribution is -0.134. The van der Waals surface area contributed by atoms with Crippen LogP contribution >= 0.6 is 12.2 Å². The Labute approximate surface area is 118 Å². The molecule has 19 heavy (non-hydrogen) atoms. The minimum Gasteiger partial charge on any atom is -0.339 e. The SMILES string of the molecule is CC(=O)N1CC(n2nc(N=C=S)cc2C(C)(C)C)C1. The summed E-state index contributed by atoms with van der Waals surface area (Å²) in [6, 6.07) is 2.17. The highest BCUT2D eigenvalue weighted by Crippen LogP contribution is 2.31. The summed E-state index contributed by atoms with van der Waals surface area (Å²) in [7, 11) is 0. The first-order chi connectivity index (χ1) is 8.82. The summed E-state index contributed by atoms with van der Waals surface area (Å²) in [5.74, 6) is 0.694. The monoisotopic (exact) mass is 278 g/mol. The zero-order valence-electron chi connectivity index (χ0n) is 11.7. The van der Waals surface area contributed by atoms with E-state index in [9.17, 15) is 4.79 Å². The molecule has 0 aliphatic carbocycles. The Balaban J connectivity index is 2.29. The van der Waals surface area contributed by atoms with Gasteiger partial charge in [-0.25, -0.2) is 0 Å². The Morgan fingerprint density at radius 1 is 1.53 bits per heavy atom. The van der Waals surface area contributed by atoms with E-state index in [0.717, 1.165) is 5.69 Å². The first-order valence-electron chi connectivity index (χ1n) is 6.26. The molecule has 5 nitrogen and oxygen atoms in total. The minimum absolute atomic E-state index is 0.0289. The molecule has 0 unspecified atom stereocenters. The fraction of sp³-hybridized carbons (Fsp3) is 0.615. The van der Waals surface area contributed by atoms with Gasteiger partial charge in [0.1, 0.15) is 0 Å². The molecule has 1 aliphatic rings. The van der Waals surface area contributed by atoms with Crippen LogP contribution in [0.15, 0.2) is 11.1 Å². The number of thiocarbonyl (C=S) groups is 1. The number of hydrogen-bond acceptors (Lipinski definition) is 4. The molecule has 0 bridgehead atoms. The fourth-order valence-electron chi connectivity index (χ4n) is 2.19. The van der Waals surface area contributed by atoms with Crippen molar-refractivity contribution < 1.29 is 4.79 Å². The number of isothiocyanates is 1. The van der Waals surface area contributed by atoms with Gasteiger partial charge in [-0.2, -0.15) is 10.1 Å². The third-order valence-corrected chi connectivity index (χ3v) is 3.40. The normalized spacial score (nSPS) is 15.9. The summed E-state index contributed by atoms with van der Waals surface area (Å²) in [5.41, 5.74) is 1.07. The van der Waals surface area contributed by atoms with Gasteiger partial charge in [-0.1, -0.05) is 20.8 Å². The molecule has 1 saturated heterocycles. The Kier molecular flexibility index (Phi) is 3.56. The Hall–Kier alpha value is -1.52. The van der Waals surface area contributed by atoms with Gasteiger partial charge < -0.3 is 4.90 Å². The Morgan fingerprint density at radius 2 is 2.16 bits per heavy atom. The maximum atomic E-state index is 11.2. The molecule has 0 atom stereocenters. The van der Waals surface area contributed by atoms with Gasteiger partial charge in [-0.05, 0) is 12.2 Å². The van der Waals surface area contributed by atoms with Gasteiger partial charge >= 0.3 is 0 Å². The van der Waals surface area contributed by atoms with E-state index in [4.69, 9.17) is 0 Å². The van der Waals surface area contributed by atoms with Crippen LogP contribution in [0, 0.1) is 0 Å². The lowest BCUT2D eigenvalue weighted by Crippen LogP contribution is -2.50. The molecular formula is C13H18N4OS. The predicted octanol–water partition coefficient (Wildman–Crippen LogP) is 2.32. The summed E-state index contributed by atoms with van der Waals surface area (Å²) >= 11 is 4.62. The molecule has 1 aromatic rings. The van der Waals surface area contributed by atoms with E-state index in [-0.39, 0.29) is 17.4 Å². The van der Waals surface area contributed by atoms with Crippen LogP contribution in [0.3, 0.4) is 0 Å². The summed E-state index contributed by atoms with van der Waals surface area (Å²) < 4.78 is 1.98. The zero-order chi connectivity index (χ0) is 14.2. The third kappa shape index (κ3) is 2.74. The van der Waals surface area contributed by atoms with Crippen molar-refractivity contribution in [2.45, 2.75) is 39.2 Å². The standard InChI is InChI=1S/C13H18N4OS/c1-9(18)16-6-10(7-16)17-11(13(2,3)4)5-12(15-17)14-8-19/h5,10H,6-7H2,1-4H3. The highest BCUT2D eigenvalue weighted by Gasteiger charge is 2.34. The number of carbonyl (C=O) groups is 1. The van der Waals surface area contributed by atoms with Crippen molar-refractivity contribution in [3.63, 3.8) is 0 Å². The van der Waals surface area contributed by atoms with Gasteiger partial charge in [-0.15, -0.1) is 0 Å². The van der Waals surface area contributed by atoms with Crippen molar-refractivity contribution in [1.82, 2.24) is 14.7 Å². The average molecular weight is 278 g/mol. The maximum Gasteiger partial charge on any atom is 0.219 e. The van der Waals surface area contributed by atoms with Gasteiger partial charge in [-0.3, -0.25) is 9.48 Å². The van der Waals surface area contributed by atoms with Gasteiger partial charge in [0.05, 0.1) is 11.2 Å². The third-order valence-electron chi connectivity index (χ3n) is 3.30. The number of nitrogens with zero attached hydrogens (tertiary/aromatic N) is 4. The van der Waals surface area contributed by atoms with Crippen molar-refractivity contribution >= 4 is 29.1 Å². The number of hydrogen-bond donors (Lipinski definition) is 0. The molecule has 1 fully saturated rings. The number of likely N-dealkylation sites (tertiary alicyclic amines) is 1. The van der Waals surface area contributed by atoms with Crippen LogP contribution < -0.4 is 0 Å². The van der Waals surface area contributed by atoms with Gasteiger partial charge in [0.15, 0.2) is 5.82 Å². The summed E-state index contributed by atoms with van der Waals surface area (Å²) in [5, 5.41) is 6.81. The number of aliphatic imine (C=N–C) groups is 1. The van der Waals surface area contributed by atoms with Gasteiger partial charge in [0.25, 0.3) is 0 Å². The van der Waals surface area contributed by atoms with Crippen molar-refractivity contribution in [2.75, 3.05) is 13.1 Å². The molecule has 1 aliphatic heterocycles. The van der Waals surface area contributed by atoms with Crippen LogP contribution in [-0.2, 0) is 10.2 Å². The number of rotatable bonds is 2. The fourth-order valence-corrected chi connectivity index (χ4v) is 2.28. The second-order valence-corrected chi connectivity index (χ2v) is 6.05. The van der Waals surface area contributed by atoms with E-state index in [1.54, 1.807) is 11.8 Å². The van der Waals surface area contributed by atoms with Crippen LogP contribution in [0.2, 0.25) is 0 Å². The summed E-state index contributed by atoms with van der Waals surface area (Å²) in [6.45, 7) is 9.40. The Bertz CT molecular complexity index is 545. The van der Waals surface area contributed by atoms with Gasteiger partial charge in [0.2, 0.25) is 5.91 Å². The number of amides is 1. The molecule has 0 aromatic carbocycles. The first kappa shape index (κ1) is 13.9. The number of aromatic nitrogens is 2. The Morgan fingerprint density at radius 3 is 2.63 bits per heavy atom. The molecule has 102 valence electrons. The highest BCUT2D eigenvalue weighted by atomic mass is 32.1. The van der Waals surface area contributed by atoms with E-state index in [1.807, 2.05) is 10.7 Å². The zero-order valence-corrected chi connectivity index (χ0v) is 12.5. The highest BCUT2D eigenvalue weighted by molar-refractivity contribution is 7.78. The van der Waals surface area contributed by atoms with Crippen molar-refractivity contribution in [2.24, 2.45) is 4.99 Å². The van der Waals surface area contributed by atoms with Gasteiger partial charge in [0, 0.05) is 37.2 Å². The summed E-state index contributed by atoms with van der Waals surface area (Å²) in [4.78, 5) is 17.0. The smallest absolute Gasteiger partial charge is 0.219 e. The molecule has 0 N–H and O–H groups in total. The van der Waals surface area contributed by atoms with E-state index in [1.165, 1.54) is 0 Å². The topological polar surface area (TPSA) is 50.5 Å². The molecule has 2 heterocycles. The molecule has 0 saturated carbocycles. The molecule has 6 heteroatoms. The average Bonchev–Trinajstić information content (AvgIpc) is 2.59. The largest absolute Gasteiger partial charge is 0.339 e. The van der Waals surface area contributed by atoms with Crippen LogP contribution in [0.4, 0.5) is 5.82 Å². The quantitative estimate of drug-likeness (QED) is 0.616. The van der Waals surface area contributed by atoms with Crippen molar-refractivity contribution in [3.05, 3.63) is 11.8 Å². The molecule has 1 aromatic heterocycles. The van der Waals surface area contributed by atoms with E-state index >= 15 is 0 Å². The second-order valence-electron chi connectivity index (χ2n) is 5.86. The first-order valence-corrected chi connectivity index (χ1v) is 6.67. The molecular weight excluding hydrogens is 260 g/mol. The summed E-state index contributed by atoms with van der Waals surface area (Å²) in [6.07, 6.45) is 0. The van der Waals surface area contributed by atoms with E-state index in [0.29, 0.717) is 18.9 Å².